The van der Waals surface area contributed by atoms with Gasteiger partial charge < -0.3 is 15.3 Å². The molecule has 118 valence electrons. The van der Waals surface area contributed by atoms with Gasteiger partial charge in [-0.25, -0.2) is 8.42 Å². The number of aliphatic carboxylic acids is 1. The van der Waals surface area contributed by atoms with Gasteiger partial charge in [-0.05, 0) is 31.2 Å². The van der Waals surface area contributed by atoms with E-state index in [1.165, 1.54) is 30.5 Å². The molecule has 7 nitrogen and oxygen atoms in total. The van der Waals surface area contributed by atoms with E-state index in [9.17, 15) is 13.2 Å². The number of sulfonamides is 1. The summed E-state index contributed by atoms with van der Waals surface area (Å²) in [5.74, 6) is -1.21. The molecule has 1 aromatic carbocycles. The first-order chi connectivity index (χ1) is 10.3. The van der Waals surface area contributed by atoms with Gasteiger partial charge in [0.15, 0.2) is 0 Å². The first-order valence-corrected chi connectivity index (χ1v) is 7.90. The van der Waals surface area contributed by atoms with Crippen LogP contribution in [-0.2, 0) is 14.8 Å². The number of benzene rings is 1. The van der Waals surface area contributed by atoms with Crippen LogP contribution in [0.4, 0.5) is 0 Å². The topological polar surface area (TPSA) is 123 Å². The standard InChI is InChI=1S/C14H16N2O5S/c1-9-4-6-10(7-5-9)22(19,20)16-13(12(15)14(17)18)11-3-2-8-21-11/h2-8,12-13,16H,15H2,1H3,(H,17,18)/t12-,13-/m1/s1. The molecule has 0 saturated heterocycles. The van der Waals surface area contributed by atoms with E-state index < -0.39 is 28.1 Å². The molecule has 2 aromatic rings. The van der Waals surface area contributed by atoms with Crippen LogP contribution in [0.25, 0.3) is 0 Å². The van der Waals surface area contributed by atoms with Crippen LogP contribution in [-0.4, -0.2) is 25.5 Å². The lowest BCUT2D eigenvalue weighted by molar-refractivity contribution is -0.139. The van der Waals surface area contributed by atoms with Gasteiger partial charge in [0.2, 0.25) is 10.0 Å². The summed E-state index contributed by atoms with van der Waals surface area (Å²) in [7, 11) is -3.93. The number of carboxylic acids is 1. The van der Waals surface area contributed by atoms with Crippen molar-refractivity contribution >= 4 is 16.0 Å². The van der Waals surface area contributed by atoms with Gasteiger partial charge in [-0.2, -0.15) is 4.72 Å². The molecule has 0 aliphatic carbocycles. The Kier molecular flexibility index (Phi) is 4.65. The number of carboxylic acid groups (broad SMARTS) is 1. The van der Waals surface area contributed by atoms with Crippen LogP contribution >= 0.6 is 0 Å². The molecule has 2 rings (SSSR count). The van der Waals surface area contributed by atoms with Crippen LogP contribution in [0.3, 0.4) is 0 Å². The molecule has 1 aromatic heterocycles. The number of nitrogens with one attached hydrogen (secondary N) is 1. The second kappa shape index (κ2) is 6.30. The van der Waals surface area contributed by atoms with Gasteiger partial charge in [0.05, 0.1) is 11.2 Å². The summed E-state index contributed by atoms with van der Waals surface area (Å²) in [4.78, 5) is 11.1. The molecule has 0 spiro atoms. The normalized spacial score (nSPS) is 14.5. The zero-order valence-electron chi connectivity index (χ0n) is 11.8. The monoisotopic (exact) mass is 324 g/mol. The maximum absolute atomic E-state index is 12.4. The lowest BCUT2D eigenvalue weighted by Crippen LogP contribution is -2.45. The predicted octanol–water partition coefficient (Wildman–Crippen LogP) is 1.02. The molecule has 0 radical (unpaired) electrons. The van der Waals surface area contributed by atoms with E-state index in [1.807, 2.05) is 6.92 Å². The Balaban J connectivity index is 2.34. The summed E-state index contributed by atoms with van der Waals surface area (Å²) in [5, 5.41) is 9.05. The zero-order chi connectivity index (χ0) is 16.3. The van der Waals surface area contributed by atoms with Gasteiger partial charge in [-0.15, -0.1) is 0 Å². The Morgan fingerprint density at radius 2 is 1.91 bits per heavy atom. The SMILES string of the molecule is Cc1ccc(S(=O)(=O)N[C@H](c2ccco2)[C@@H](N)C(=O)O)cc1. The molecule has 0 saturated carbocycles. The van der Waals surface area contributed by atoms with Crippen LogP contribution in [0, 0.1) is 6.92 Å². The summed E-state index contributed by atoms with van der Waals surface area (Å²) in [5.41, 5.74) is 6.48. The van der Waals surface area contributed by atoms with Gasteiger partial charge in [0.25, 0.3) is 0 Å². The van der Waals surface area contributed by atoms with Gasteiger partial charge in [0, 0.05) is 0 Å². The van der Waals surface area contributed by atoms with Gasteiger partial charge in [-0.3, -0.25) is 4.79 Å². The molecule has 0 amide bonds. The largest absolute Gasteiger partial charge is 0.480 e. The van der Waals surface area contributed by atoms with Crippen molar-refractivity contribution in [3.05, 3.63) is 54.0 Å². The lowest BCUT2D eigenvalue weighted by Gasteiger charge is -2.20. The van der Waals surface area contributed by atoms with E-state index in [1.54, 1.807) is 12.1 Å². The average Bonchev–Trinajstić information content (AvgIpc) is 2.98. The Hall–Kier alpha value is -2.16. The third-order valence-corrected chi connectivity index (χ3v) is 4.56. The van der Waals surface area contributed by atoms with Crippen molar-refractivity contribution in [2.45, 2.75) is 23.9 Å². The number of hydrogen-bond acceptors (Lipinski definition) is 5. The third kappa shape index (κ3) is 3.53. The fraction of sp³-hybridized carbons (Fsp3) is 0.214. The second-order valence-corrected chi connectivity index (χ2v) is 6.51. The summed E-state index contributed by atoms with van der Waals surface area (Å²) < 4.78 is 32.1. The van der Waals surface area contributed by atoms with E-state index in [4.69, 9.17) is 15.3 Å². The molecule has 8 heteroatoms. The molecule has 0 unspecified atom stereocenters. The summed E-state index contributed by atoms with van der Waals surface area (Å²) in [6.45, 7) is 1.83. The average molecular weight is 324 g/mol. The molecule has 0 fully saturated rings. The van der Waals surface area contributed by atoms with Crippen molar-refractivity contribution in [1.82, 2.24) is 4.72 Å². The number of nitrogens with two attached hydrogens (primary N) is 1. The maximum Gasteiger partial charge on any atom is 0.322 e. The van der Waals surface area contributed by atoms with E-state index in [0.29, 0.717) is 0 Å². The van der Waals surface area contributed by atoms with E-state index in [-0.39, 0.29) is 10.7 Å². The van der Waals surface area contributed by atoms with Crippen molar-refractivity contribution in [2.75, 3.05) is 0 Å². The second-order valence-electron chi connectivity index (χ2n) is 4.79. The van der Waals surface area contributed by atoms with Crippen LogP contribution in [0.5, 0.6) is 0 Å². The molecule has 4 N–H and O–H groups in total. The summed E-state index contributed by atoms with van der Waals surface area (Å²) in [6.07, 6.45) is 1.32. The fourth-order valence-corrected chi connectivity index (χ4v) is 3.10. The number of carbonyl (C=O) groups is 1. The van der Waals surface area contributed by atoms with Crippen molar-refractivity contribution in [3.63, 3.8) is 0 Å². The van der Waals surface area contributed by atoms with E-state index >= 15 is 0 Å². The van der Waals surface area contributed by atoms with Gasteiger partial charge >= 0.3 is 5.97 Å². The Labute approximate surface area is 127 Å². The van der Waals surface area contributed by atoms with Crippen LogP contribution < -0.4 is 10.5 Å². The highest BCUT2D eigenvalue weighted by Gasteiger charge is 2.32. The predicted molar refractivity (Wildman–Crippen MR) is 78.6 cm³/mol. The first-order valence-electron chi connectivity index (χ1n) is 6.42. The third-order valence-electron chi connectivity index (χ3n) is 3.11. The summed E-state index contributed by atoms with van der Waals surface area (Å²) in [6, 6.07) is 6.46. The maximum atomic E-state index is 12.4. The fourth-order valence-electron chi connectivity index (χ4n) is 1.87. The van der Waals surface area contributed by atoms with E-state index in [2.05, 4.69) is 4.72 Å². The van der Waals surface area contributed by atoms with Gasteiger partial charge in [0.1, 0.15) is 17.8 Å². The molecule has 22 heavy (non-hydrogen) atoms. The van der Waals surface area contributed by atoms with Gasteiger partial charge in [-0.1, -0.05) is 17.7 Å². The van der Waals surface area contributed by atoms with Crippen molar-refractivity contribution in [3.8, 4) is 0 Å². The molecule has 0 aliphatic rings. The summed E-state index contributed by atoms with van der Waals surface area (Å²) >= 11 is 0. The number of hydrogen-bond donors (Lipinski definition) is 3. The number of rotatable bonds is 6. The molecular weight excluding hydrogens is 308 g/mol. The van der Waals surface area contributed by atoms with Crippen molar-refractivity contribution in [2.24, 2.45) is 5.73 Å². The highest BCUT2D eigenvalue weighted by molar-refractivity contribution is 7.89. The van der Waals surface area contributed by atoms with Crippen molar-refractivity contribution < 1.29 is 22.7 Å². The minimum atomic E-state index is -3.93. The highest BCUT2D eigenvalue weighted by Crippen LogP contribution is 2.20. The van der Waals surface area contributed by atoms with E-state index in [0.717, 1.165) is 5.56 Å². The Bertz CT molecular complexity index is 738. The molecule has 1 heterocycles. The molecule has 2 atom stereocenters. The molecule has 0 bridgehead atoms. The Morgan fingerprint density at radius 3 is 2.41 bits per heavy atom. The first kappa shape index (κ1) is 16.2. The lowest BCUT2D eigenvalue weighted by atomic mass is 10.1. The minimum Gasteiger partial charge on any atom is -0.480 e. The van der Waals surface area contributed by atoms with Crippen LogP contribution in [0.1, 0.15) is 17.4 Å². The smallest absolute Gasteiger partial charge is 0.322 e. The van der Waals surface area contributed by atoms with Crippen molar-refractivity contribution in [1.29, 1.82) is 0 Å². The minimum absolute atomic E-state index is 0.0206. The number of aryl methyl sites for hydroxylation is 1. The molecular formula is C14H16N2O5S. The van der Waals surface area contributed by atoms with Crippen LogP contribution in [0.2, 0.25) is 0 Å². The quantitative estimate of drug-likeness (QED) is 0.729. The zero-order valence-corrected chi connectivity index (χ0v) is 12.6. The van der Waals surface area contributed by atoms with Crippen LogP contribution in [0.15, 0.2) is 52.0 Å². The molecule has 0 aliphatic heterocycles. The number of furan rings is 1. The highest BCUT2D eigenvalue weighted by atomic mass is 32.2. The Morgan fingerprint density at radius 1 is 1.27 bits per heavy atom.